The highest BCUT2D eigenvalue weighted by atomic mass is 79.9. The zero-order valence-electron chi connectivity index (χ0n) is 14.4. The summed E-state index contributed by atoms with van der Waals surface area (Å²) in [6.07, 6.45) is 6.88. The number of thioether (sulfide) groups is 1. The first-order chi connectivity index (χ1) is 12.8. The van der Waals surface area contributed by atoms with Crippen LogP contribution in [-0.4, -0.2) is 14.8 Å². The lowest BCUT2D eigenvalue weighted by molar-refractivity contribution is 0.694. The first-order valence-corrected chi connectivity index (χ1v) is 11.4. The lowest BCUT2D eigenvalue weighted by Gasteiger charge is -2.13. The Morgan fingerprint density at radius 2 is 2.00 bits per heavy atom. The van der Waals surface area contributed by atoms with Crippen LogP contribution in [0, 0.1) is 0 Å². The Kier molecular flexibility index (Phi) is 5.62. The number of aromatic nitrogens is 3. The predicted octanol–water partition coefficient (Wildman–Crippen LogP) is 6.13. The van der Waals surface area contributed by atoms with Crippen molar-refractivity contribution in [1.29, 1.82) is 0 Å². The van der Waals surface area contributed by atoms with E-state index < -0.39 is 0 Å². The van der Waals surface area contributed by atoms with Crippen molar-refractivity contribution in [2.45, 2.75) is 43.1 Å². The highest BCUT2D eigenvalue weighted by molar-refractivity contribution is 9.10. The minimum atomic E-state index is 0.732. The monoisotopic (exact) mass is 445 g/mol. The third-order valence-electron chi connectivity index (χ3n) is 4.61. The SMILES string of the molecule is C=CCn1c(SCc2ccc(Br)cc2)nnc1-c1csc2c1CCCC2. The lowest BCUT2D eigenvalue weighted by atomic mass is 9.95. The molecule has 2 heterocycles. The Hall–Kier alpha value is -1.37. The molecule has 0 N–H and O–H groups in total. The molecule has 0 atom stereocenters. The van der Waals surface area contributed by atoms with Crippen LogP contribution in [0.4, 0.5) is 0 Å². The molecule has 0 radical (unpaired) electrons. The van der Waals surface area contributed by atoms with Crippen molar-refractivity contribution >= 4 is 39.0 Å². The highest BCUT2D eigenvalue weighted by Gasteiger charge is 2.21. The van der Waals surface area contributed by atoms with Crippen molar-refractivity contribution in [1.82, 2.24) is 14.8 Å². The molecule has 0 amide bonds. The van der Waals surface area contributed by atoms with E-state index in [1.807, 2.05) is 17.4 Å². The Bertz CT molecular complexity index is 912. The summed E-state index contributed by atoms with van der Waals surface area (Å²) in [7, 11) is 0. The Morgan fingerprint density at radius 3 is 2.81 bits per heavy atom. The molecule has 1 aromatic carbocycles. The van der Waals surface area contributed by atoms with Gasteiger partial charge >= 0.3 is 0 Å². The van der Waals surface area contributed by atoms with Crippen molar-refractivity contribution in [3.05, 3.63) is 62.8 Å². The molecule has 0 unspecified atom stereocenters. The summed E-state index contributed by atoms with van der Waals surface area (Å²) in [5.74, 6) is 1.87. The third kappa shape index (κ3) is 3.68. The van der Waals surface area contributed by atoms with E-state index in [0.29, 0.717) is 0 Å². The number of hydrogen-bond donors (Lipinski definition) is 0. The molecule has 26 heavy (non-hydrogen) atoms. The summed E-state index contributed by atoms with van der Waals surface area (Å²) in [5.41, 5.74) is 4.04. The number of allylic oxidation sites excluding steroid dienone is 1. The maximum Gasteiger partial charge on any atom is 0.192 e. The Morgan fingerprint density at radius 1 is 1.19 bits per heavy atom. The molecule has 4 rings (SSSR count). The van der Waals surface area contributed by atoms with Crippen LogP contribution in [0.25, 0.3) is 11.4 Å². The van der Waals surface area contributed by atoms with Crippen molar-refractivity contribution < 1.29 is 0 Å². The van der Waals surface area contributed by atoms with Crippen molar-refractivity contribution in [3.8, 4) is 11.4 Å². The third-order valence-corrected chi connectivity index (χ3v) is 7.27. The second-order valence-corrected chi connectivity index (χ2v) is 9.20. The van der Waals surface area contributed by atoms with Gasteiger partial charge in [-0.25, -0.2) is 0 Å². The van der Waals surface area contributed by atoms with Gasteiger partial charge in [-0.05, 0) is 48.9 Å². The number of halogens is 1. The van der Waals surface area contributed by atoms with Crippen molar-refractivity contribution in [3.63, 3.8) is 0 Å². The number of nitrogens with zero attached hydrogens (tertiary/aromatic N) is 3. The van der Waals surface area contributed by atoms with Gasteiger partial charge in [0.05, 0.1) is 0 Å². The maximum atomic E-state index is 4.56. The van der Waals surface area contributed by atoms with E-state index in [2.05, 4.69) is 66.9 Å². The number of aryl methyl sites for hydroxylation is 1. The summed E-state index contributed by atoms with van der Waals surface area (Å²) in [6, 6.07) is 8.43. The van der Waals surface area contributed by atoms with Crippen LogP contribution < -0.4 is 0 Å². The standard InChI is InChI=1S/C20H20BrN3S2/c1-2-11-24-19(17-13-25-18-6-4-3-5-16(17)18)22-23-20(24)26-12-14-7-9-15(21)10-8-14/h2,7-10,13H,1,3-6,11-12H2. The fourth-order valence-electron chi connectivity index (χ4n) is 3.30. The Labute approximate surface area is 170 Å². The average Bonchev–Trinajstić information content (AvgIpc) is 3.25. The fraction of sp³-hybridized carbons (Fsp3) is 0.300. The lowest BCUT2D eigenvalue weighted by Crippen LogP contribution is -2.04. The van der Waals surface area contributed by atoms with E-state index in [1.54, 1.807) is 11.8 Å². The minimum absolute atomic E-state index is 0.732. The quantitative estimate of drug-likeness (QED) is 0.337. The first-order valence-electron chi connectivity index (χ1n) is 8.77. The zero-order chi connectivity index (χ0) is 17.9. The summed E-state index contributed by atoms with van der Waals surface area (Å²) >= 11 is 7.09. The number of thiophene rings is 1. The van der Waals surface area contributed by atoms with Crippen LogP contribution in [0.2, 0.25) is 0 Å². The summed E-state index contributed by atoms with van der Waals surface area (Å²) in [4.78, 5) is 1.53. The van der Waals surface area contributed by atoms with Gasteiger partial charge in [0.1, 0.15) is 0 Å². The molecule has 3 nitrogen and oxygen atoms in total. The van der Waals surface area contributed by atoms with Crippen LogP contribution in [-0.2, 0) is 25.1 Å². The molecule has 0 saturated heterocycles. The van der Waals surface area contributed by atoms with Gasteiger partial charge in [-0.15, -0.1) is 28.1 Å². The van der Waals surface area contributed by atoms with Gasteiger partial charge in [0.25, 0.3) is 0 Å². The predicted molar refractivity (Wildman–Crippen MR) is 114 cm³/mol. The highest BCUT2D eigenvalue weighted by Crippen LogP contribution is 2.37. The van der Waals surface area contributed by atoms with E-state index >= 15 is 0 Å². The Balaban J connectivity index is 1.61. The largest absolute Gasteiger partial charge is 0.298 e. The van der Waals surface area contributed by atoms with Crippen LogP contribution in [0.1, 0.15) is 28.8 Å². The van der Waals surface area contributed by atoms with E-state index in [4.69, 9.17) is 0 Å². The molecule has 0 fully saturated rings. The maximum absolute atomic E-state index is 4.56. The van der Waals surface area contributed by atoms with E-state index in [0.717, 1.165) is 34.2 Å². The molecule has 2 aromatic heterocycles. The van der Waals surface area contributed by atoms with Gasteiger partial charge in [0, 0.05) is 32.6 Å². The number of benzene rings is 1. The van der Waals surface area contributed by atoms with Gasteiger partial charge < -0.3 is 0 Å². The normalized spacial score (nSPS) is 13.6. The smallest absolute Gasteiger partial charge is 0.192 e. The van der Waals surface area contributed by atoms with Crippen LogP contribution in [0.15, 0.2) is 51.9 Å². The molecule has 1 aliphatic rings. The van der Waals surface area contributed by atoms with Crippen LogP contribution in [0.3, 0.4) is 0 Å². The number of rotatable bonds is 6. The molecular weight excluding hydrogens is 426 g/mol. The summed E-state index contributed by atoms with van der Waals surface area (Å²) < 4.78 is 3.30. The molecule has 0 spiro atoms. The van der Waals surface area contributed by atoms with Gasteiger partial charge in [0.15, 0.2) is 11.0 Å². The minimum Gasteiger partial charge on any atom is -0.298 e. The zero-order valence-corrected chi connectivity index (χ0v) is 17.7. The van der Waals surface area contributed by atoms with Gasteiger partial charge in [-0.2, -0.15) is 0 Å². The van der Waals surface area contributed by atoms with Crippen LogP contribution >= 0.6 is 39.0 Å². The topological polar surface area (TPSA) is 30.7 Å². The number of fused-ring (bicyclic) bond motifs is 1. The molecule has 0 bridgehead atoms. The molecule has 6 heteroatoms. The average molecular weight is 446 g/mol. The van der Waals surface area contributed by atoms with E-state index in [9.17, 15) is 0 Å². The first kappa shape index (κ1) is 18.0. The molecule has 134 valence electrons. The molecule has 0 aliphatic heterocycles. The molecule has 0 saturated carbocycles. The molecule has 3 aromatic rings. The summed E-state index contributed by atoms with van der Waals surface area (Å²) in [6.45, 7) is 4.66. The van der Waals surface area contributed by atoms with Gasteiger partial charge in [-0.3, -0.25) is 4.57 Å². The van der Waals surface area contributed by atoms with Crippen LogP contribution in [0.5, 0.6) is 0 Å². The van der Waals surface area contributed by atoms with Gasteiger partial charge in [0.2, 0.25) is 0 Å². The van der Waals surface area contributed by atoms with Crippen molar-refractivity contribution in [2.24, 2.45) is 0 Å². The summed E-state index contributed by atoms with van der Waals surface area (Å²) in [5, 5.41) is 12.3. The van der Waals surface area contributed by atoms with E-state index in [-0.39, 0.29) is 0 Å². The second kappa shape index (κ2) is 8.11. The fourth-order valence-corrected chi connectivity index (χ4v) is 5.59. The number of hydrogen-bond acceptors (Lipinski definition) is 4. The molecular formula is C20H20BrN3S2. The van der Waals surface area contributed by atoms with Gasteiger partial charge in [-0.1, -0.05) is 45.9 Å². The second-order valence-electron chi connectivity index (χ2n) is 6.38. The molecule has 1 aliphatic carbocycles. The van der Waals surface area contributed by atoms with E-state index in [1.165, 1.54) is 40.8 Å². The van der Waals surface area contributed by atoms with Crippen molar-refractivity contribution in [2.75, 3.05) is 0 Å².